The molecule has 0 aromatic heterocycles. The van der Waals surface area contributed by atoms with Crippen molar-refractivity contribution >= 4 is 23.0 Å². The van der Waals surface area contributed by atoms with E-state index in [-0.39, 0.29) is 5.91 Å². The molecule has 0 spiro atoms. The number of aliphatic imine (C=N–C) groups is 1. The number of para-hydroxylation sites is 2. The van der Waals surface area contributed by atoms with E-state index in [9.17, 15) is 4.79 Å². The maximum absolute atomic E-state index is 12.6. The lowest BCUT2D eigenvalue weighted by molar-refractivity contribution is -0.112. The molecule has 0 bridgehead atoms. The fraction of sp³-hybridized carbons (Fsp3) is 0.111. The number of nitrogens with one attached hydrogen (secondary N) is 1. The van der Waals surface area contributed by atoms with Gasteiger partial charge in [0.1, 0.15) is 0 Å². The Balaban J connectivity index is 2.22. The van der Waals surface area contributed by atoms with Crippen molar-refractivity contribution in [3.8, 4) is 0 Å². The molecular formula is C18H17N3O. The van der Waals surface area contributed by atoms with Gasteiger partial charge in [0.05, 0.1) is 22.7 Å². The second kappa shape index (κ2) is 5.85. The number of hydrogen-bond acceptors (Lipinski definition) is 3. The van der Waals surface area contributed by atoms with E-state index in [2.05, 4.69) is 5.32 Å². The Bertz CT molecular complexity index is 761. The third-order valence-electron chi connectivity index (χ3n) is 3.32. The van der Waals surface area contributed by atoms with E-state index < -0.39 is 0 Å². The van der Waals surface area contributed by atoms with Crippen LogP contribution in [0.25, 0.3) is 0 Å². The van der Waals surface area contributed by atoms with Crippen molar-refractivity contribution in [1.29, 1.82) is 0 Å². The first-order chi connectivity index (χ1) is 10.6. The van der Waals surface area contributed by atoms with Gasteiger partial charge in [-0.05, 0) is 12.1 Å². The number of carbonyl (C=O) groups excluding carboxylic acids is 1. The lowest BCUT2D eigenvalue weighted by Gasteiger charge is -2.12. The average Bonchev–Trinajstić information content (AvgIpc) is 2.65. The van der Waals surface area contributed by atoms with Gasteiger partial charge in [0.2, 0.25) is 0 Å². The number of amides is 1. The molecule has 4 nitrogen and oxygen atoms in total. The molecule has 0 radical (unpaired) electrons. The molecule has 1 aliphatic heterocycles. The van der Waals surface area contributed by atoms with E-state index in [0.29, 0.717) is 11.3 Å². The lowest BCUT2D eigenvalue weighted by atomic mass is 10.0. The SMILES string of the molecule is CN(C)/C=C1/C(=O)Nc2ccccc2N=C1c1ccccc1. The molecule has 0 aliphatic carbocycles. The minimum Gasteiger partial charge on any atom is -0.383 e. The summed E-state index contributed by atoms with van der Waals surface area (Å²) in [6.07, 6.45) is 1.80. The number of hydrogen-bond donors (Lipinski definition) is 1. The summed E-state index contributed by atoms with van der Waals surface area (Å²) < 4.78 is 0. The molecule has 22 heavy (non-hydrogen) atoms. The fourth-order valence-electron chi connectivity index (χ4n) is 2.35. The second-order valence-corrected chi connectivity index (χ2v) is 5.30. The van der Waals surface area contributed by atoms with Gasteiger partial charge in [0.15, 0.2) is 0 Å². The van der Waals surface area contributed by atoms with E-state index >= 15 is 0 Å². The topological polar surface area (TPSA) is 44.7 Å². The number of rotatable bonds is 2. The molecule has 2 aromatic rings. The number of carbonyl (C=O) groups is 1. The molecule has 1 amide bonds. The molecular weight excluding hydrogens is 274 g/mol. The van der Waals surface area contributed by atoms with Crippen LogP contribution in [-0.4, -0.2) is 30.6 Å². The Morgan fingerprint density at radius 1 is 1.00 bits per heavy atom. The van der Waals surface area contributed by atoms with E-state index in [4.69, 9.17) is 4.99 Å². The van der Waals surface area contributed by atoms with Crippen LogP contribution in [0.4, 0.5) is 11.4 Å². The van der Waals surface area contributed by atoms with Gasteiger partial charge in [0, 0.05) is 25.9 Å². The van der Waals surface area contributed by atoms with Crippen molar-refractivity contribution in [3.63, 3.8) is 0 Å². The number of benzene rings is 2. The molecule has 0 atom stereocenters. The highest BCUT2D eigenvalue weighted by Crippen LogP contribution is 2.30. The number of fused-ring (bicyclic) bond motifs is 1. The summed E-state index contributed by atoms with van der Waals surface area (Å²) >= 11 is 0. The van der Waals surface area contributed by atoms with Crippen LogP contribution >= 0.6 is 0 Å². The van der Waals surface area contributed by atoms with Crippen molar-refractivity contribution in [2.75, 3.05) is 19.4 Å². The molecule has 0 unspecified atom stereocenters. The maximum atomic E-state index is 12.6. The van der Waals surface area contributed by atoms with Crippen LogP contribution in [0.1, 0.15) is 5.56 Å². The minimum absolute atomic E-state index is 0.152. The third-order valence-corrected chi connectivity index (χ3v) is 3.32. The third kappa shape index (κ3) is 2.76. The number of anilines is 1. The van der Waals surface area contributed by atoms with E-state index in [1.807, 2.05) is 73.6 Å². The zero-order valence-electron chi connectivity index (χ0n) is 12.6. The Kier molecular flexibility index (Phi) is 3.74. The quantitative estimate of drug-likeness (QED) is 0.864. The van der Waals surface area contributed by atoms with Gasteiger partial charge in [-0.25, -0.2) is 4.99 Å². The maximum Gasteiger partial charge on any atom is 0.259 e. The Labute approximate surface area is 129 Å². The summed E-state index contributed by atoms with van der Waals surface area (Å²) in [6, 6.07) is 17.3. The standard InChI is InChI=1S/C18H17N3O/c1-21(2)12-14-17(13-8-4-3-5-9-13)19-15-10-6-7-11-16(15)20-18(14)22/h3-12H,1-2H3,(H,20,22)/b14-12+. The molecule has 0 fully saturated rings. The summed E-state index contributed by atoms with van der Waals surface area (Å²) in [5.74, 6) is -0.152. The average molecular weight is 291 g/mol. The zero-order valence-corrected chi connectivity index (χ0v) is 12.6. The molecule has 0 saturated heterocycles. The highest BCUT2D eigenvalue weighted by molar-refractivity contribution is 6.32. The monoisotopic (exact) mass is 291 g/mol. The van der Waals surface area contributed by atoms with Gasteiger partial charge >= 0.3 is 0 Å². The van der Waals surface area contributed by atoms with E-state index in [1.54, 1.807) is 6.20 Å². The van der Waals surface area contributed by atoms with Crippen molar-refractivity contribution in [3.05, 3.63) is 71.9 Å². The van der Waals surface area contributed by atoms with Gasteiger partial charge in [-0.15, -0.1) is 0 Å². The van der Waals surface area contributed by atoms with Gasteiger partial charge in [0.25, 0.3) is 5.91 Å². The molecule has 1 N–H and O–H groups in total. The minimum atomic E-state index is -0.152. The summed E-state index contributed by atoms with van der Waals surface area (Å²) in [5.41, 5.74) is 3.63. The van der Waals surface area contributed by atoms with Crippen molar-refractivity contribution in [2.24, 2.45) is 4.99 Å². The van der Waals surface area contributed by atoms with Crippen LogP contribution in [0.2, 0.25) is 0 Å². The van der Waals surface area contributed by atoms with Crippen LogP contribution in [0, 0.1) is 0 Å². The summed E-state index contributed by atoms with van der Waals surface area (Å²) in [4.78, 5) is 19.2. The molecule has 2 aromatic carbocycles. The molecule has 1 heterocycles. The highest BCUT2D eigenvalue weighted by atomic mass is 16.1. The normalized spacial score (nSPS) is 15.6. The van der Waals surface area contributed by atoms with Gasteiger partial charge in [-0.2, -0.15) is 0 Å². The van der Waals surface area contributed by atoms with Crippen LogP contribution in [0.15, 0.2) is 71.4 Å². The Morgan fingerprint density at radius 3 is 2.41 bits per heavy atom. The van der Waals surface area contributed by atoms with Crippen LogP contribution in [0.5, 0.6) is 0 Å². The largest absolute Gasteiger partial charge is 0.383 e. The smallest absolute Gasteiger partial charge is 0.259 e. The Hall–Kier alpha value is -2.88. The number of nitrogens with zero attached hydrogens (tertiary/aromatic N) is 2. The van der Waals surface area contributed by atoms with Gasteiger partial charge < -0.3 is 10.2 Å². The van der Waals surface area contributed by atoms with Crippen LogP contribution in [0.3, 0.4) is 0 Å². The second-order valence-electron chi connectivity index (χ2n) is 5.30. The van der Waals surface area contributed by atoms with E-state index in [0.717, 1.165) is 16.9 Å². The molecule has 110 valence electrons. The predicted molar refractivity (Wildman–Crippen MR) is 89.5 cm³/mol. The molecule has 3 rings (SSSR count). The van der Waals surface area contributed by atoms with Crippen LogP contribution < -0.4 is 5.32 Å². The van der Waals surface area contributed by atoms with Crippen LogP contribution in [-0.2, 0) is 4.79 Å². The first-order valence-electron chi connectivity index (χ1n) is 7.08. The van der Waals surface area contributed by atoms with Crippen molar-refractivity contribution in [1.82, 2.24) is 4.90 Å². The lowest BCUT2D eigenvalue weighted by Crippen LogP contribution is -2.22. The Morgan fingerprint density at radius 2 is 1.68 bits per heavy atom. The molecule has 1 aliphatic rings. The highest BCUT2D eigenvalue weighted by Gasteiger charge is 2.23. The molecule has 0 saturated carbocycles. The summed E-state index contributed by atoms with van der Waals surface area (Å²) in [5, 5.41) is 2.93. The van der Waals surface area contributed by atoms with Crippen molar-refractivity contribution in [2.45, 2.75) is 0 Å². The van der Waals surface area contributed by atoms with Crippen molar-refractivity contribution < 1.29 is 4.79 Å². The summed E-state index contributed by atoms with van der Waals surface area (Å²) in [7, 11) is 3.78. The predicted octanol–water partition coefficient (Wildman–Crippen LogP) is 3.21. The zero-order chi connectivity index (χ0) is 15.5. The fourth-order valence-corrected chi connectivity index (χ4v) is 2.35. The summed E-state index contributed by atoms with van der Waals surface area (Å²) in [6.45, 7) is 0. The van der Waals surface area contributed by atoms with E-state index in [1.165, 1.54) is 0 Å². The van der Waals surface area contributed by atoms with Gasteiger partial charge in [-0.3, -0.25) is 4.79 Å². The first kappa shape index (κ1) is 14.1. The molecule has 4 heteroatoms. The van der Waals surface area contributed by atoms with Gasteiger partial charge in [-0.1, -0.05) is 42.5 Å². The first-order valence-corrected chi connectivity index (χ1v) is 7.08.